The zero-order chi connectivity index (χ0) is 13.7. The van der Waals surface area contributed by atoms with Crippen molar-refractivity contribution in [1.29, 1.82) is 0 Å². The van der Waals surface area contributed by atoms with E-state index in [1.54, 1.807) is 19.2 Å². The first-order valence-electron chi connectivity index (χ1n) is 5.50. The first kappa shape index (κ1) is 13.3. The predicted molar refractivity (Wildman–Crippen MR) is 72.5 cm³/mol. The minimum absolute atomic E-state index is 0.512. The number of hydrogen-bond donors (Lipinski definition) is 1. The summed E-state index contributed by atoms with van der Waals surface area (Å²) in [6, 6.07) is 11.1. The molecule has 5 heteroatoms. The minimum atomic E-state index is -0.999. The zero-order valence-electron chi connectivity index (χ0n) is 10.2. The molecule has 2 rings (SSSR count). The van der Waals surface area contributed by atoms with Gasteiger partial charge in [0.2, 0.25) is 0 Å². The zero-order valence-corrected chi connectivity index (χ0v) is 11.0. The maximum Gasteiger partial charge on any atom is 0.328 e. The van der Waals surface area contributed by atoms with Crippen molar-refractivity contribution in [2.24, 2.45) is 0 Å². The first-order chi connectivity index (χ1) is 9.17. The van der Waals surface area contributed by atoms with Crippen LogP contribution in [0.1, 0.15) is 5.76 Å². The van der Waals surface area contributed by atoms with Gasteiger partial charge in [0, 0.05) is 11.0 Å². The molecule has 1 aromatic heterocycles. The van der Waals surface area contributed by atoms with E-state index < -0.39 is 5.97 Å². The summed E-state index contributed by atoms with van der Waals surface area (Å²) in [5.74, 6) is 0.313. The van der Waals surface area contributed by atoms with Crippen LogP contribution in [0, 0.1) is 0 Å². The van der Waals surface area contributed by atoms with Crippen LogP contribution in [0.3, 0.4) is 0 Å². The summed E-state index contributed by atoms with van der Waals surface area (Å²) < 4.78 is 10.6. The molecule has 0 aliphatic heterocycles. The number of benzene rings is 1. The average molecular weight is 276 g/mol. The summed E-state index contributed by atoms with van der Waals surface area (Å²) in [6.07, 6.45) is 2.46. The molecule has 98 valence electrons. The topological polar surface area (TPSA) is 59.7 Å². The van der Waals surface area contributed by atoms with Gasteiger partial charge < -0.3 is 14.3 Å². The van der Waals surface area contributed by atoms with E-state index in [-0.39, 0.29) is 0 Å². The normalized spacial score (nSPS) is 10.8. The average Bonchev–Trinajstić information content (AvgIpc) is 2.85. The van der Waals surface area contributed by atoms with Crippen LogP contribution in [0.25, 0.3) is 6.08 Å². The van der Waals surface area contributed by atoms with Crippen LogP contribution in [0.4, 0.5) is 0 Å². The molecule has 4 nitrogen and oxygen atoms in total. The third-order valence-electron chi connectivity index (χ3n) is 2.27. The molecule has 0 atom stereocenters. The lowest BCUT2D eigenvalue weighted by molar-refractivity contribution is -0.131. The molecule has 0 amide bonds. The van der Waals surface area contributed by atoms with Crippen LogP contribution in [-0.2, 0) is 4.79 Å². The Morgan fingerprint density at radius 1 is 1.26 bits per heavy atom. The molecule has 1 heterocycles. The van der Waals surface area contributed by atoms with Crippen molar-refractivity contribution in [1.82, 2.24) is 0 Å². The second-order valence-corrected chi connectivity index (χ2v) is 4.68. The second-order valence-electron chi connectivity index (χ2n) is 3.61. The number of furan rings is 1. The minimum Gasteiger partial charge on any atom is -0.497 e. The van der Waals surface area contributed by atoms with E-state index in [2.05, 4.69) is 0 Å². The summed E-state index contributed by atoms with van der Waals surface area (Å²) in [6.45, 7) is 0. The summed E-state index contributed by atoms with van der Waals surface area (Å²) in [4.78, 5) is 11.4. The molecule has 19 heavy (non-hydrogen) atoms. The Morgan fingerprint density at radius 2 is 2.00 bits per heavy atom. The number of hydrogen-bond acceptors (Lipinski definition) is 4. The number of carboxylic acids is 1. The predicted octanol–water partition coefficient (Wildman–Crippen LogP) is 3.54. The van der Waals surface area contributed by atoms with Crippen molar-refractivity contribution in [2.45, 2.75) is 9.99 Å². The first-order valence-corrected chi connectivity index (χ1v) is 6.32. The van der Waals surface area contributed by atoms with Crippen molar-refractivity contribution >= 4 is 23.8 Å². The van der Waals surface area contributed by atoms with Crippen LogP contribution in [-0.4, -0.2) is 18.2 Å². The van der Waals surface area contributed by atoms with Gasteiger partial charge in [-0.3, -0.25) is 0 Å². The maximum atomic E-state index is 10.4. The molecule has 0 saturated heterocycles. The highest BCUT2D eigenvalue weighted by Gasteiger charge is 2.03. The molecule has 0 unspecified atom stereocenters. The molecule has 0 aliphatic rings. The van der Waals surface area contributed by atoms with Crippen molar-refractivity contribution in [3.05, 3.63) is 48.2 Å². The van der Waals surface area contributed by atoms with E-state index in [9.17, 15) is 4.79 Å². The summed E-state index contributed by atoms with van der Waals surface area (Å²) in [5.41, 5.74) is 0. The highest BCUT2D eigenvalue weighted by molar-refractivity contribution is 7.99. The smallest absolute Gasteiger partial charge is 0.328 e. The molecule has 1 N–H and O–H groups in total. The Kier molecular flexibility index (Phi) is 4.30. The van der Waals surface area contributed by atoms with Gasteiger partial charge in [-0.05, 0) is 42.5 Å². The van der Waals surface area contributed by atoms with Crippen LogP contribution in [0.5, 0.6) is 5.75 Å². The van der Waals surface area contributed by atoms with Gasteiger partial charge in [0.05, 0.1) is 7.11 Å². The Labute approximate surface area is 114 Å². The van der Waals surface area contributed by atoms with Crippen molar-refractivity contribution in [2.75, 3.05) is 7.11 Å². The van der Waals surface area contributed by atoms with Gasteiger partial charge in [-0.1, -0.05) is 11.8 Å². The van der Waals surface area contributed by atoms with Gasteiger partial charge in [0.15, 0.2) is 5.09 Å². The molecule has 0 aliphatic carbocycles. The molecule has 0 fully saturated rings. The third-order valence-corrected chi connectivity index (χ3v) is 3.20. The van der Waals surface area contributed by atoms with Gasteiger partial charge in [0.1, 0.15) is 11.5 Å². The lowest BCUT2D eigenvalue weighted by atomic mass is 10.3. The van der Waals surface area contributed by atoms with Gasteiger partial charge in [-0.25, -0.2) is 4.79 Å². The fourth-order valence-electron chi connectivity index (χ4n) is 1.39. The summed E-state index contributed by atoms with van der Waals surface area (Å²) in [5, 5.41) is 9.22. The van der Waals surface area contributed by atoms with Crippen LogP contribution in [0.15, 0.2) is 56.9 Å². The Morgan fingerprint density at radius 3 is 2.63 bits per heavy atom. The molecule has 0 saturated carbocycles. The number of aliphatic carboxylic acids is 1. The Bertz CT molecular complexity index is 584. The van der Waals surface area contributed by atoms with Crippen molar-refractivity contribution in [3.63, 3.8) is 0 Å². The van der Waals surface area contributed by atoms with E-state index in [0.717, 1.165) is 16.7 Å². The van der Waals surface area contributed by atoms with Gasteiger partial charge in [-0.15, -0.1) is 0 Å². The molecule has 2 aromatic rings. The number of rotatable bonds is 5. The fraction of sp³-hybridized carbons (Fsp3) is 0.0714. The van der Waals surface area contributed by atoms with Gasteiger partial charge in [0.25, 0.3) is 0 Å². The van der Waals surface area contributed by atoms with Crippen LogP contribution in [0.2, 0.25) is 0 Å². The highest BCUT2D eigenvalue weighted by atomic mass is 32.2. The molecular formula is C14H12O4S. The van der Waals surface area contributed by atoms with Crippen LogP contribution < -0.4 is 4.74 Å². The summed E-state index contributed by atoms with van der Waals surface area (Å²) >= 11 is 1.46. The monoisotopic (exact) mass is 276 g/mol. The third kappa shape index (κ3) is 3.93. The molecule has 0 spiro atoms. The van der Waals surface area contributed by atoms with Gasteiger partial charge in [-0.2, -0.15) is 0 Å². The van der Waals surface area contributed by atoms with Gasteiger partial charge >= 0.3 is 5.97 Å². The molecule has 1 aromatic carbocycles. The Balaban J connectivity index is 2.04. The Hall–Kier alpha value is -2.14. The SMILES string of the molecule is COc1ccc(Sc2ccc(/C=C/C(=O)O)o2)cc1. The number of carboxylic acid groups (broad SMARTS) is 1. The fourth-order valence-corrected chi connectivity index (χ4v) is 2.17. The quantitative estimate of drug-likeness (QED) is 0.846. The van der Waals surface area contributed by atoms with Crippen LogP contribution >= 0.6 is 11.8 Å². The van der Waals surface area contributed by atoms with E-state index in [1.807, 2.05) is 24.3 Å². The van der Waals surface area contributed by atoms with E-state index >= 15 is 0 Å². The van der Waals surface area contributed by atoms with E-state index in [4.69, 9.17) is 14.3 Å². The molecule has 0 radical (unpaired) electrons. The lowest BCUT2D eigenvalue weighted by Gasteiger charge is -2.00. The number of carbonyl (C=O) groups is 1. The lowest BCUT2D eigenvalue weighted by Crippen LogP contribution is -1.84. The van der Waals surface area contributed by atoms with Crippen molar-refractivity contribution in [3.8, 4) is 5.75 Å². The number of methoxy groups -OCH3 is 1. The highest BCUT2D eigenvalue weighted by Crippen LogP contribution is 2.30. The van der Waals surface area contributed by atoms with E-state index in [1.165, 1.54) is 17.8 Å². The standard InChI is InChI=1S/C14H12O4S/c1-17-10-2-6-12(7-3-10)19-14-9-5-11(18-14)4-8-13(15)16/h2-9H,1H3,(H,15,16)/b8-4+. The largest absolute Gasteiger partial charge is 0.497 e. The molecular weight excluding hydrogens is 264 g/mol. The molecule has 0 bridgehead atoms. The second kappa shape index (κ2) is 6.15. The van der Waals surface area contributed by atoms with Crippen molar-refractivity contribution < 1.29 is 19.1 Å². The maximum absolute atomic E-state index is 10.4. The summed E-state index contributed by atoms with van der Waals surface area (Å²) in [7, 11) is 1.62. The van der Waals surface area contributed by atoms with E-state index in [0.29, 0.717) is 10.9 Å². The number of ether oxygens (including phenoxy) is 1.